The van der Waals surface area contributed by atoms with Crippen LogP contribution in [0.4, 0.5) is 9.93 Å². The maximum atomic E-state index is 13.3. The van der Waals surface area contributed by atoms with Gasteiger partial charge < -0.3 is 14.2 Å². The molecule has 0 aliphatic carbocycles. The van der Waals surface area contributed by atoms with Crippen LogP contribution in [-0.2, 0) is 24.2 Å². The molecule has 9 nitrogen and oxygen atoms in total. The van der Waals surface area contributed by atoms with Crippen LogP contribution in [0.3, 0.4) is 0 Å². The average Bonchev–Trinajstić information content (AvgIpc) is 3.15. The summed E-state index contributed by atoms with van der Waals surface area (Å²) in [4.78, 5) is 49.4. The van der Waals surface area contributed by atoms with Gasteiger partial charge in [-0.15, -0.1) is 0 Å². The number of hydrogen-bond donors (Lipinski definition) is 1. The van der Waals surface area contributed by atoms with Crippen molar-refractivity contribution in [1.29, 1.82) is 0 Å². The molecule has 10 heteroatoms. The lowest BCUT2D eigenvalue weighted by atomic mass is 10.1. The Morgan fingerprint density at radius 1 is 1.26 bits per heavy atom. The number of aromatic nitrogens is 3. The van der Waals surface area contributed by atoms with Gasteiger partial charge in [0, 0.05) is 36.3 Å². The van der Waals surface area contributed by atoms with E-state index in [0.717, 1.165) is 16.3 Å². The van der Waals surface area contributed by atoms with Crippen molar-refractivity contribution in [3.63, 3.8) is 0 Å². The third-order valence-corrected chi connectivity index (χ3v) is 6.13. The Morgan fingerprint density at radius 2 is 2.06 bits per heavy atom. The standard InChI is InChI=1S/C21H23N5O4S/c1-4-25-10-14(17(27)13-7-6-12(3)22-18(13)25)19(28)26-9-8-15-16(11-26)31-20(23-15)24-21(29)30-5-2/h6-7,10H,4-5,8-9,11H2,1-3H3,(H,23,24,29). The molecule has 0 aromatic carbocycles. The molecule has 1 N–H and O–H groups in total. The van der Waals surface area contributed by atoms with Gasteiger partial charge in [-0.1, -0.05) is 11.3 Å². The molecule has 0 spiro atoms. The molecule has 2 amide bonds. The number of anilines is 1. The number of nitrogens with zero attached hydrogens (tertiary/aromatic N) is 4. The van der Waals surface area contributed by atoms with Crippen LogP contribution in [0.1, 0.15) is 40.5 Å². The second-order valence-electron chi connectivity index (χ2n) is 7.19. The summed E-state index contributed by atoms with van der Waals surface area (Å²) in [6, 6.07) is 3.51. The number of thiazole rings is 1. The molecule has 4 rings (SSSR count). The van der Waals surface area contributed by atoms with Gasteiger partial charge in [-0.05, 0) is 32.9 Å². The lowest BCUT2D eigenvalue weighted by molar-refractivity contribution is 0.0734. The minimum absolute atomic E-state index is 0.137. The van der Waals surface area contributed by atoms with Crippen molar-refractivity contribution in [1.82, 2.24) is 19.4 Å². The van der Waals surface area contributed by atoms with E-state index < -0.39 is 6.09 Å². The van der Waals surface area contributed by atoms with Crippen molar-refractivity contribution in [3.05, 3.63) is 50.4 Å². The van der Waals surface area contributed by atoms with Gasteiger partial charge in [0.25, 0.3) is 5.91 Å². The van der Waals surface area contributed by atoms with E-state index in [-0.39, 0.29) is 23.5 Å². The van der Waals surface area contributed by atoms with Gasteiger partial charge in [0.1, 0.15) is 11.2 Å². The number of carbonyl (C=O) groups excluding carboxylic acids is 2. The Bertz CT molecular complexity index is 1230. The maximum absolute atomic E-state index is 13.3. The summed E-state index contributed by atoms with van der Waals surface area (Å²) in [6.07, 6.45) is 1.61. The number of rotatable bonds is 4. The van der Waals surface area contributed by atoms with Crippen molar-refractivity contribution in [2.75, 3.05) is 18.5 Å². The van der Waals surface area contributed by atoms with Gasteiger partial charge in [-0.25, -0.2) is 14.8 Å². The Labute approximate surface area is 182 Å². The first kappa shape index (κ1) is 21.0. The first-order valence-corrected chi connectivity index (χ1v) is 10.9. The van der Waals surface area contributed by atoms with Gasteiger partial charge in [-0.3, -0.25) is 14.9 Å². The van der Waals surface area contributed by atoms with Crippen molar-refractivity contribution in [2.24, 2.45) is 0 Å². The molecular formula is C21H23N5O4S. The largest absolute Gasteiger partial charge is 0.450 e. The summed E-state index contributed by atoms with van der Waals surface area (Å²) >= 11 is 1.31. The van der Waals surface area contributed by atoms with Crippen LogP contribution in [0.15, 0.2) is 23.1 Å². The van der Waals surface area contributed by atoms with Crippen LogP contribution in [-0.4, -0.2) is 44.6 Å². The molecule has 31 heavy (non-hydrogen) atoms. The number of nitrogens with one attached hydrogen (secondary N) is 1. The molecule has 3 aromatic heterocycles. The van der Waals surface area contributed by atoms with Crippen LogP contribution < -0.4 is 10.7 Å². The van der Waals surface area contributed by atoms with Gasteiger partial charge in [-0.2, -0.15) is 0 Å². The van der Waals surface area contributed by atoms with Gasteiger partial charge in [0.2, 0.25) is 5.43 Å². The molecule has 0 radical (unpaired) electrons. The van der Waals surface area contributed by atoms with Crippen LogP contribution >= 0.6 is 11.3 Å². The number of pyridine rings is 2. The molecule has 0 saturated carbocycles. The fourth-order valence-electron chi connectivity index (χ4n) is 3.60. The molecule has 0 fully saturated rings. The Kier molecular flexibility index (Phi) is 5.73. The predicted octanol–water partition coefficient (Wildman–Crippen LogP) is 2.95. The summed E-state index contributed by atoms with van der Waals surface area (Å²) in [5, 5.41) is 3.49. The van der Waals surface area contributed by atoms with Gasteiger partial charge >= 0.3 is 6.09 Å². The molecule has 0 saturated heterocycles. The van der Waals surface area contributed by atoms with Crippen LogP contribution in [0.5, 0.6) is 0 Å². The van der Waals surface area contributed by atoms with E-state index in [1.165, 1.54) is 11.3 Å². The zero-order valence-electron chi connectivity index (χ0n) is 17.6. The van der Waals surface area contributed by atoms with Crippen molar-refractivity contribution in [2.45, 2.75) is 40.3 Å². The van der Waals surface area contributed by atoms with E-state index in [1.54, 1.807) is 30.2 Å². The SMILES string of the molecule is CCOC(=O)Nc1nc2c(s1)CN(C(=O)c1cn(CC)c3nc(C)ccc3c1=O)CC2. The number of aryl methyl sites for hydroxylation is 2. The van der Waals surface area contributed by atoms with E-state index in [9.17, 15) is 14.4 Å². The molecule has 4 heterocycles. The van der Waals surface area contributed by atoms with E-state index in [0.29, 0.717) is 42.2 Å². The Balaban J connectivity index is 1.61. The van der Waals surface area contributed by atoms with Crippen LogP contribution in [0, 0.1) is 6.92 Å². The molecule has 0 unspecified atom stereocenters. The molecular weight excluding hydrogens is 418 g/mol. The normalized spacial score (nSPS) is 13.2. The maximum Gasteiger partial charge on any atom is 0.413 e. The highest BCUT2D eigenvalue weighted by molar-refractivity contribution is 7.15. The summed E-state index contributed by atoms with van der Waals surface area (Å²) in [6.45, 7) is 7.20. The third-order valence-electron chi connectivity index (χ3n) is 5.13. The Morgan fingerprint density at radius 3 is 2.81 bits per heavy atom. The highest BCUT2D eigenvalue weighted by Gasteiger charge is 2.27. The number of hydrogen-bond acceptors (Lipinski definition) is 7. The van der Waals surface area contributed by atoms with Crippen LogP contribution in [0.2, 0.25) is 0 Å². The highest BCUT2D eigenvalue weighted by atomic mass is 32.1. The summed E-state index contributed by atoms with van der Waals surface area (Å²) < 4.78 is 6.72. The summed E-state index contributed by atoms with van der Waals surface area (Å²) in [7, 11) is 0. The van der Waals surface area contributed by atoms with E-state index in [2.05, 4.69) is 15.3 Å². The molecule has 0 bridgehead atoms. The monoisotopic (exact) mass is 441 g/mol. The quantitative estimate of drug-likeness (QED) is 0.667. The Hall–Kier alpha value is -3.27. The van der Waals surface area contributed by atoms with Crippen LogP contribution in [0.25, 0.3) is 11.0 Å². The lowest BCUT2D eigenvalue weighted by Gasteiger charge is -2.26. The number of amides is 2. The second-order valence-corrected chi connectivity index (χ2v) is 8.28. The van der Waals surface area contributed by atoms with E-state index in [1.807, 2.05) is 18.4 Å². The molecule has 0 atom stereocenters. The van der Waals surface area contributed by atoms with Gasteiger partial charge in [0.15, 0.2) is 5.13 Å². The third kappa shape index (κ3) is 4.02. The van der Waals surface area contributed by atoms with Crippen molar-refractivity contribution in [3.8, 4) is 0 Å². The van der Waals surface area contributed by atoms with E-state index in [4.69, 9.17) is 4.74 Å². The smallest absolute Gasteiger partial charge is 0.413 e. The molecule has 162 valence electrons. The summed E-state index contributed by atoms with van der Waals surface area (Å²) in [5.41, 5.74) is 2.08. The first-order valence-electron chi connectivity index (χ1n) is 10.1. The van der Waals surface area contributed by atoms with Gasteiger partial charge in [0.05, 0.1) is 24.2 Å². The first-order chi connectivity index (χ1) is 14.9. The fraction of sp³-hybridized carbons (Fsp3) is 0.381. The fourth-order valence-corrected chi connectivity index (χ4v) is 4.61. The molecule has 1 aliphatic rings. The van der Waals surface area contributed by atoms with E-state index >= 15 is 0 Å². The predicted molar refractivity (Wildman–Crippen MR) is 118 cm³/mol. The zero-order valence-corrected chi connectivity index (χ0v) is 18.4. The average molecular weight is 442 g/mol. The summed E-state index contributed by atoms with van der Waals surface area (Å²) in [5.74, 6) is -0.311. The number of fused-ring (bicyclic) bond motifs is 2. The van der Waals surface area contributed by atoms with Crippen molar-refractivity contribution >= 4 is 39.5 Å². The number of ether oxygens (including phenoxy) is 1. The molecule has 1 aliphatic heterocycles. The minimum Gasteiger partial charge on any atom is -0.450 e. The molecule has 3 aromatic rings. The zero-order chi connectivity index (χ0) is 22.1. The van der Waals surface area contributed by atoms with Crippen molar-refractivity contribution < 1.29 is 14.3 Å². The second kappa shape index (κ2) is 8.46. The number of carbonyl (C=O) groups is 2. The highest BCUT2D eigenvalue weighted by Crippen LogP contribution is 2.29. The minimum atomic E-state index is -0.554. The topological polar surface area (TPSA) is 106 Å². The lowest BCUT2D eigenvalue weighted by Crippen LogP contribution is -2.38.